The molecule has 0 spiro atoms. The maximum absolute atomic E-state index is 16.0. The van der Waals surface area contributed by atoms with Crippen LogP contribution >= 0.6 is 0 Å². The summed E-state index contributed by atoms with van der Waals surface area (Å²) in [6.07, 6.45) is 3.34. The Morgan fingerprint density at radius 2 is 1.33 bits per heavy atom. The van der Waals surface area contributed by atoms with Crippen LogP contribution in [0.3, 0.4) is 0 Å². The number of H-pyrrole nitrogens is 1. The van der Waals surface area contributed by atoms with Gasteiger partial charge in [-0.25, -0.2) is 4.79 Å². The van der Waals surface area contributed by atoms with Crippen LogP contribution in [0, 0.1) is 11.8 Å². The number of carbonyl (C=O) groups excluding carboxylic acids is 7. The molecular weight excluding hydrogens is 1070 g/mol. The summed E-state index contributed by atoms with van der Waals surface area (Å²) in [5.41, 5.74) is 5.91. The summed E-state index contributed by atoms with van der Waals surface area (Å²) in [6, 6.07) is 36.1. The number of fused-ring (bicyclic) bond motifs is 4. The largest absolute Gasteiger partial charge is 0.489 e. The fourth-order valence-corrected chi connectivity index (χ4v) is 13.0. The fourth-order valence-electron chi connectivity index (χ4n) is 13.0. The number of piperidine rings is 1. The molecule has 6 heterocycles. The van der Waals surface area contributed by atoms with Crippen molar-refractivity contribution in [3.8, 4) is 5.75 Å². The first-order valence-electron chi connectivity index (χ1n) is 30.2. The Bertz CT molecular complexity index is 3330. The second kappa shape index (κ2) is 27.1. The minimum atomic E-state index is -1.24. The third-order valence-electron chi connectivity index (χ3n) is 17.9. The van der Waals surface area contributed by atoms with Crippen molar-refractivity contribution in [2.45, 2.75) is 126 Å². The third-order valence-corrected chi connectivity index (χ3v) is 17.9. The molecule has 85 heavy (non-hydrogen) atoms. The average molecular weight is 1150 g/mol. The Morgan fingerprint density at radius 3 is 2.08 bits per heavy atom. The van der Waals surface area contributed by atoms with E-state index in [9.17, 15) is 4.79 Å². The van der Waals surface area contributed by atoms with Crippen LogP contribution in [-0.2, 0) is 72.3 Å². The van der Waals surface area contributed by atoms with Crippen molar-refractivity contribution in [3.05, 3.63) is 173 Å². The van der Waals surface area contributed by atoms with Gasteiger partial charge in [0.05, 0.1) is 12.6 Å². The van der Waals surface area contributed by atoms with E-state index in [1.54, 1.807) is 4.90 Å². The highest BCUT2D eigenvalue weighted by molar-refractivity contribution is 5.99. The number of aromatic nitrogens is 1. The molecular formula is C67H77N9O9. The monoisotopic (exact) mass is 1150 g/mol. The van der Waals surface area contributed by atoms with Gasteiger partial charge >= 0.3 is 6.09 Å². The first-order chi connectivity index (χ1) is 41.4. The van der Waals surface area contributed by atoms with Crippen LogP contribution in [0.2, 0.25) is 0 Å². The number of para-hydroxylation sites is 1. The van der Waals surface area contributed by atoms with Gasteiger partial charge in [0.1, 0.15) is 42.6 Å². The van der Waals surface area contributed by atoms with Crippen molar-refractivity contribution < 1.29 is 43.0 Å². The molecule has 5 aliphatic heterocycles. The normalized spacial score (nSPS) is 24.6. The number of likely N-dealkylation sites (N-methyl/N-ethyl adjacent to an activating group) is 1. The number of aryl methyl sites for hydroxylation is 1. The lowest BCUT2D eigenvalue weighted by atomic mass is 9.83. The van der Waals surface area contributed by atoms with Gasteiger partial charge in [-0.1, -0.05) is 115 Å². The van der Waals surface area contributed by atoms with Crippen LogP contribution in [-0.4, -0.2) is 143 Å². The molecule has 444 valence electrons. The number of hydrogen-bond donors (Lipinski definition) is 6. The number of rotatable bonds is 14. The number of carbonyl (C=O) groups is 7. The van der Waals surface area contributed by atoms with Crippen LogP contribution in [0.25, 0.3) is 10.9 Å². The Kier molecular flexibility index (Phi) is 18.6. The van der Waals surface area contributed by atoms with E-state index in [4.69, 9.17) is 9.47 Å². The molecule has 1 aromatic heterocycles. The molecule has 11 rings (SSSR count). The lowest BCUT2D eigenvalue weighted by Gasteiger charge is -2.40. The molecule has 6 N–H and O–H groups in total. The van der Waals surface area contributed by atoms with Crippen molar-refractivity contribution in [1.29, 1.82) is 0 Å². The van der Waals surface area contributed by atoms with Crippen molar-refractivity contribution in [2.75, 3.05) is 39.8 Å². The van der Waals surface area contributed by atoms with Gasteiger partial charge in [0.15, 0.2) is 5.78 Å². The van der Waals surface area contributed by atoms with Crippen LogP contribution < -0.4 is 31.3 Å². The zero-order valence-corrected chi connectivity index (χ0v) is 48.2. The van der Waals surface area contributed by atoms with Gasteiger partial charge in [0.2, 0.25) is 29.5 Å². The van der Waals surface area contributed by atoms with Gasteiger partial charge in [0, 0.05) is 80.8 Å². The molecule has 6 aromatic rings. The number of benzene rings is 5. The van der Waals surface area contributed by atoms with Crippen molar-refractivity contribution in [2.24, 2.45) is 11.8 Å². The molecule has 6 amide bonds. The average Bonchev–Trinajstić information content (AvgIpc) is 4.51. The number of amides is 6. The number of hydrogen-bond acceptors (Lipinski definition) is 11. The molecule has 4 saturated heterocycles. The summed E-state index contributed by atoms with van der Waals surface area (Å²) >= 11 is 0. The number of nitrogens with one attached hydrogen (secondary N) is 6. The maximum atomic E-state index is 16.0. The number of Topliss-reactive ketones (excluding diaryl/α,β-unsaturated/α-hetero) is 1. The molecule has 0 saturated carbocycles. The number of ether oxygens (including phenoxy) is 2. The van der Waals surface area contributed by atoms with Crippen LogP contribution in [0.1, 0.15) is 78.3 Å². The van der Waals surface area contributed by atoms with Gasteiger partial charge in [0.25, 0.3) is 0 Å². The molecule has 0 aliphatic carbocycles. The smallest absolute Gasteiger partial charge is 0.410 e. The van der Waals surface area contributed by atoms with Crippen LogP contribution in [0.4, 0.5) is 4.79 Å². The highest BCUT2D eigenvalue weighted by Gasteiger charge is 2.48. The third kappa shape index (κ3) is 14.3. The summed E-state index contributed by atoms with van der Waals surface area (Å²) in [6.45, 7) is 2.59. The van der Waals surface area contributed by atoms with E-state index >= 15 is 28.8 Å². The molecule has 0 radical (unpaired) electrons. The fraction of sp³-hybridized carbons (Fsp3) is 0.418. The zero-order chi connectivity index (χ0) is 58.8. The summed E-state index contributed by atoms with van der Waals surface area (Å²) < 4.78 is 12.3. The minimum Gasteiger partial charge on any atom is -0.489 e. The van der Waals surface area contributed by atoms with Crippen molar-refractivity contribution in [3.63, 3.8) is 0 Å². The lowest BCUT2D eigenvalue weighted by molar-refractivity contribution is -0.151. The van der Waals surface area contributed by atoms with Crippen LogP contribution in [0.5, 0.6) is 5.75 Å². The Morgan fingerprint density at radius 1 is 0.635 bits per heavy atom. The summed E-state index contributed by atoms with van der Waals surface area (Å²) in [4.78, 5) is 115. The topological polar surface area (TPSA) is 224 Å². The number of ketones is 1. The molecule has 5 aromatic carbocycles. The lowest BCUT2D eigenvalue weighted by Crippen LogP contribution is -2.61. The highest BCUT2D eigenvalue weighted by Crippen LogP contribution is 2.32. The summed E-state index contributed by atoms with van der Waals surface area (Å²) in [5, 5.41) is 16.8. The Labute approximate surface area is 496 Å². The second-order valence-corrected chi connectivity index (χ2v) is 23.6. The Balaban J connectivity index is 0.985. The van der Waals surface area contributed by atoms with Crippen LogP contribution in [0.15, 0.2) is 140 Å². The van der Waals surface area contributed by atoms with E-state index in [-0.39, 0.29) is 69.4 Å². The number of aromatic amines is 1. The second-order valence-electron chi connectivity index (χ2n) is 23.6. The van der Waals surface area contributed by atoms with E-state index < -0.39 is 77.9 Å². The van der Waals surface area contributed by atoms with E-state index in [2.05, 4.69) is 31.6 Å². The van der Waals surface area contributed by atoms with Gasteiger partial charge < -0.3 is 55.7 Å². The van der Waals surface area contributed by atoms with Gasteiger partial charge in [-0.05, 0) is 116 Å². The Hall–Kier alpha value is -8.35. The molecule has 0 bridgehead atoms. The predicted molar refractivity (Wildman–Crippen MR) is 321 cm³/mol. The van der Waals surface area contributed by atoms with E-state index in [0.29, 0.717) is 43.9 Å². The van der Waals surface area contributed by atoms with E-state index in [1.807, 2.05) is 147 Å². The maximum Gasteiger partial charge on any atom is 0.410 e. The summed E-state index contributed by atoms with van der Waals surface area (Å²) in [5.74, 6) is -3.38. The van der Waals surface area contributed by atoms with Crippen molar-refractivity contribution in [1.82, 2.24) is 46.3 Å². The molecule has 4 fully saturated rings. The van der Waals surface area contributed by atoms with Crippen molar-refractivity contribution >= 4 is 52.3 Å². The number of likely N-dealkylation sites (tertiary alicyclic amines) is 1. The van der Waals surface area contributed by atoms with Gasteiger partial charge in [-0.2, -0.15) is 0 Å². The quantitative estimate of drug-likeness (QED) is 0.0748. The molecule has 5 aliphatic rings. The molecule has 18 nitrogen and oxygen atoms in total. The first kappa shape index (κ1) is 58.4. The standard InChI is InChI=1S/C67H77N9O9/c1-68-51-28-31-74(40-51)67(83)85-53-37-59-64(80)71-56(25-22-43-12-4-2-5-13-43)63(79)72-57(34-50-38-70-55-19-11-10-18-54(50)55)61(77)36-49(32-45-26-29-69-30-27-45)62(78)73-58(33-44-20-23-52(24-21-44)84-42-46-14-6-3-7-15-46)65(81)75-39-48-17-9-8-16-47(48)35-60(75)66(82)76(59)41-53/h2-21,23-24,38,45,49,51,53,56-60,68-70H,22,25-37,39-42H2,1H3,(H,71,80)(H,72,79)(H,73,78)/t49-,51+,53-,56+,57-,58+,59+,60+/m1/s1. The van der Waals surface area contributed by atoms with E-state index in [0.717, 1.165) is 71.1 Å². The first-order valence-corrected chi connectivity index (χ1v) is 30.2. The molecule has 8 atom stereocenters. The van der Waals surface area contributed by atoms with Gasteiger partial charge in [-0.3, -0.25) is 28.8 Å². The predicted octanol–water partition coefficient (Wildman–Crippen LogP) is 5.95. The molecule has 0 unspecified atom stereocenters. The zero-order valence-electron chi connectivity index (χ0n) is 48.2. The SMILES string of the molecule is CN[C@H]1CCN(C(=O)O[C@@H]2C[C@H]3C(=O)N[C@@H](CCc4ccccc4)C(=O)N[C@H](Cc4c[nH]c5ccccc45)C(=O)C[C@@H](CC4CCNCC4)C(=O)N[C@@H](Cc4ccc(OCc5ccccc5)cc4)C(=O)N4Cc5ccccc5C[C@H]4C(=O)N3C2)C1. The number of nitrogens with zero attached hydrogens (tertiary/aromatic N) is 3. The molecule has 18 heteroatoms. The van der Waals surface area contributed by atoms with Gasteiger partial charge in [-0.15, -0.1) is 0 Å². The minimum absolute atomic E-state index is 0.0169. The van der Waals surface area contributed by atoms with E-state index in [1.165, 1.54) is 9.80 Å². The summed E-state index contributed by atoms with van der Waals surface area (Å²) in [7, 11) is 1.84. The highest BCUT2D eigenvalue weighted by atomic mass is 16.6.